The van der Waals surface area contributed by atoms with Crippen LogP contribution in [0, 0.1) is 23.0 Å². The Hall–Kier alpha value is -1.58. The summed E-state index contributed by atoms with van der Waals surface area (Å²) in [6.07, 6.45) is 2.16. The zero-order valence-electron chi connectivity index (χ0n) is 10.7. The molecule has 0 aliphatic rings. The molecule has 4 heteroatoms. The van der Waals surface area contributed by atoms with E-state index in [1.807, 2.05) is 13.0 Å². The first kappa shape index (κ1) is 13.5. The summed E-state index contributed by atoms with van der Waals surface area (Å²) in [5.41, 5.74) is 1.74. The highest BCUT2D eigenvalue weighted by atomic mass is 16.6. The van der Waals surface area contributed by atoms with Gasteiger partial charge in [-0.3, -0.25) is 10.1 Å². The van der Waals surface area contributed by atoms with Crippen LogP contribution < -0.4 is 5.32 Å². The van der Waals surface area contributed by atoms with Crippen molar-refractivity contribution in [3.05, 3.63) is 33.9 Å². The average molecular weight is 236 g/mol. The fraction of sp³-hybridized carbons (Fsp3) is 0.538. The molecule has 0 unspecified atom stereocenters. The molecule has 0 spiro atoms. The maximum atomic E-state index is 10.9. The van der Waals surface area contributed by atoms with Crippen LogP contribution in [-0.2, 0) is 0 Å². The molecule has 0 amide bonds. The van der Waals surface area contributed by atoms with Crippen LogP contribution in [-0.4, -0.2) is 11.5 Å². The van der Waals surface area contributed by atoms with Crippen molar-refractivity contribution in [2.24, 2.45) is 5.92 Å². The highest BCUT2D eigenvalue weighted by Gasteiger charge is 2.14. The summed E-state index contributed by atoms with van der Waals surface area (Å²) in [5, 5.41) is 14.1. The van der Waals surface area contributed by atoms with Crippen molar-refractivity contribution in [1.82, 2.24) is 0 Å². The predicted octanol–water partition coefficient (Wildman–Crippen LogP) is 3.75. The Morgan fingerprint density at radius 3 is 2.71 bits per heavy atom. The maximum absolute atomic E-state index is 10.9. The number of rotatable bonds is 6. The van der Waals surface area contributed by atoms with Crippen LogP contribution in [0.3, 0.4) is 0 Å². The van der Waals surface area contributed by atoms with E-state index in [-0.39, 0.29) is 10.6 Å². The molecule has 0 aliphatic carbocycles. The van der Waals surface area contributed by atoms with E-state index in [2.05, 4.69) is 19.2 Å². The van der Waals surface area contributed by atoms with Gasteiger partial charge in [-0.1, -0.05) is 26.0 Å². The van der Waals surface area contributed by atoms with Gasteiger partial charge in [0.2, 0.25) is 0 Å². The lowest BCUT2D eigenvalue weighted by Crippen LogP contribution is -2.06. The van der Waals surface area contributed by atoms with Gasteiger partial charge in [-0.05, 0) is 31.2 Å². The number of hydrogen-bond acceptors (Lipinski definition) is 3. The predicted molar refractivity (Wildman–Crippen MR) is 70.4 cm³/mol. The number of nitrogens with one attached hydrogen (secondary N) is 1. The summed E-state index contributed by atoms with van der Waals surface area (Å²) in [5.74, 6) is 0.670. The van der Waals surface area contributed by atoms with Gasteiger partial charge in [0, 0.05) is 12.6 Å². The van der Waals surface area contributed by atoms with E-state index >= 15 is 0 Å². The van der Waals surface area contributed by atoms with E-state index in [9.17, 15) is 10.1 Å². The molecular formula is C13H20N2O2. The molecular weight excluding hydrogens is 216 g/mol. The van der Waals surface area contributed by atoms with Crippen LogP contribution in [0.4, 0.5) is 11.4 Å². The molecule has 4 nitrogen and oxygen atoms in total. The maximum Gasteiger partial charge on any atom is 0.292 e. The molecule has 0 bridgehead atoms. The molecule has 94 valence electrons. The lowest BCUT2D eigenvalue weighted by Gasteiger charge is -2.10. The first-order valence-electron chi connectivity index (χ1n) is 6.00. The third-order valence-corrected chi connectivity index (χ3v) is 2.71. The summed E-state index contributed by atoms with van der Waals surface area (Å²) in [4.78, 5) is 10.5. The van der Waals surface area contributed by atoms with Gasteiger partial charge < -0.3 is 5.32 Å². The van der Waals surface area contributed by atoms with E-state index in [0.717, 1.165) is 24.9 Å². The van der Waals surface area contributed by atoms with Gasteiger partial charge in [0.1, 0.15) is 5.69 Å². The Labute approximate surface area is 102 Å². The number of hydrogen-bond donors (Lipinski definition) is 1. The third-order valence-electron chi connectivity index (χ3n) is 2.71. The first-order chi connectivity index (χ1) is 8.02. The van der Waals surface area contributed by atoms with Crippen LogP contribution in [0.2, 0.25) is 0 Å². The smallest absolute Gasteiger partial charge is 0.292 e. The van der Waals surface area contributed by atoms with E-state index in [1.165, 1.54) is 6.07 Å². The second-order valence-electron chi connectivity index (χ2n) is 4.69. The quantitative estimate of drug-likeness (QED) is 0.465. The largest absolute Gasteiger partial charge is 0.379 e. The van der Waals surface area contributed by atoms with Crippen LogP contribution in [0.15, 0.2) is 18.2 Å². The Morgan fingerprint density at radius 2 is 2.12 bits per heavy atom. The van der Waals surface area contributed by atoms with E-state index in [4.69, 9.17) is 0 Å². The molecule has 0 heterocycles. The molecule has 0 saturated heterocycles. The number of nitro groups is 1. The molecule has 0 saturated carbocycles. The highest BCUT2D eigenvalue weighted by Crippen LogP contribution is 2.27. The van der Waals surface area contributed by atoms with Crippen molar-refractivity contribution in [3.8, 4) is 0 Å². The monoisotopic (exact) mass is 236 g/mol. The van der Waals surface area contributed by atoms with Crippen LogP contribution in [0.25, 0.3) is 0 Å². The number of anilines is 1. The molecule has 0 fully saturated rings. The van der Waals surface area contributed by atoms with Crippen molar-refractivity contribution < 1.29 is 4.92 Å². The first-order valence-corrected chi connectivity index (χ1v) is 6.00. The number of para-hydroxylation sites is 1. The van der Waals surface area contributed by atoms with E-state index in [0.29, 0.717) is 11.6 Å². The van der Waals surface area contributed by atoms with Crippen molar-refractivity contribution >= 4 is 11.4 Å². The second-order valence-corrected chi connectivity index (χ2v) is 4.69. The van der Waals surface area contributed by atoms with Gasteiger partial charge >= 0.3 is 0 Å². The molecule has 1 aromatic rings. The minimum Gasteiger partial charge on any atom is -0.379 e. The number of benzene rings is 1. The molecule has 0 aromatic heterocycles. The fourth-order valence-electron chi connectivity index (χ4n) is 1.76. The topological polar surface area (TPSA) is 55.2 Å². The van der Waals surface area contributed by atoms with Crippen molar-refractivity contribution in [2.45, 2.75) is 33.6 Å². The van der Waals surface area contributed by atoms with Crippen LogP contribution >= 0.6 is 0 Å². The lowest BCUT2D eigenvalue weighted by atomic mass is 10.1. The zero-order valence-corrected chi connectivity index (χ0v) is 10.7. The number of nitrogens with zero attached hydrogens (tertiary/aromatic N) is 1. The van der Waals surface area contributed by atoms with Crippen molar-refractivity contribution in [1.29, 1.82) is 0 Å². The summed E-state index contributed by atoms with van der Waals surface area (Å²) in [6.45, 7) is 7.02. The fourth-order valence-corrected chi connectivity index (χ4v) is 1.76. The summed E-state index contributed by atoms with van der Waals surface area (Å²) in [6, 6.07) is 5.14. The number of aryl methyl sites for hydroxylation is 1. The van der Waals surface area contributed by atoms with E-state index < -0.39 is 0 Å². The highest BCUT2D eigenvalue weighted by molar-refractivity contribution is 5.65. The SMILES string of the molecule is Cc1cccc([N+](=O)[O-])c1NCCCC(C)C. The average Bonchev–Trinajstić information content (AvgIpc) is 2.25. The van der Waals surface area contributed by atoms with Crippen LogP contribution in [0.1, 0.15) is 32.3 Å². The molecule has 0 radical (unpaired) electrons. The minimum absolute atomic E-state index is 0.162. The van der Waals surface area contributed by atoms with Gasteiger partial charge in [0.25, 0.3) is 5.69 Å². The van der Waals surface area contributed by atoms with Crippen molar-refractivity contribution in [3.63, 3.8) is 0 Å². The lowest BCUT2D eigenvalue weighted by molar-refractivity contribution is -0.384. The normalized spacial score (nSPS) is 10.6. The third kappa shape index (κ3) is 4.06. The zero-order chi connectivity index (χ0) is 12.8. The summed E-state index contributed by atoms with van der Waals surface area (Å²) >= 11 is 0. The molecule has 0 atom stereocenters. The van der Waals surface area contributed by atoms with Crippen molar-refractivity contribution in [2.75, 3.05) is 11.9 Å². The molecule has 17 heavy (non-hydrogen) atoms. The van der Waals surface area contributed by atoms with Gasteiger partial charge in [0.05, 0.1) is 4.92 Å². The standard InChI is InChI=1S/C13H20N2O2/c1-10(2)6-5-9-14-13-11(3)7-4-8-12(13)15(16)17/h4,7-8,10,14H,5-6,9H2,1-3H3. The van der Waals surface area contributed by atoms with Gasteiger partial charge in [-0.25, -0.2) is 0 Å². The van der Waals surface area contributed by atoms with Gasteiger partial charge in [-0.15, -0.1) is 0 Å². The Balaban J connectivity index is 2.66. The van der Waals surface area contributed by atoms with E-state index in [1.54, 1.807) is 6.07 Å². The Bertz CT molecular complexity index is 389. The van der Waals surface area contributed by atoms with Gasteiger partial charge in [0.15, 0.2) is 0 Å². The molecule has 1 aromatic carbocycles. The van der Waals surface area contributed by atoms with Crippen LogP contribution in [0.5, 0.6) is 0 Å². The summed E-state index contributed by atoms with van der Waals surface area (Å²) < 4.78 is 0. The molecule has 0 aliphatic heterocycles. The summed E-state index contributed by atoms with van der Waals surface area (Å²) in [7, 11) is 0. The number of nitro benzene ring substituents is 1. The minimum atomic E-state index is -0.336. The second kappa shape index (κ2) is 6.23. The Kier molecular flexibility index (Phi) is 4.94. The van der Waals surface area contributed by atoms with Gasteiger partial charge in [-0.2, -0.15) is 0 Å². The Morgan fingerprint density at radius 1 is 1.41 bits per heavy atom. The molecule has 1 rings (SSSR count). The molecule has 1 N–H and O–H groups in total.